The minimum atomic E-state index is -0.827. The molecule has 33 heavy (non-hydrogen) atoms. The second-order valence-electron chi connectivity index (χ2n) is 7.76. The SMILES string of the molecule is C=C(C)C#Cc1ccc2c(c1)N(C)C(=O)[C@@H](n1nc(C(N)=O)nc1Cc1ccccc1)CO2. The molecule has 8 nitrogen and oxygen atoms in total. The number of allylic oxidation sites excluding steroid dienone is 1. The zero-order valence-corrected chi connectivity index (χ0v) is 18.4. The molecular weight excluding hydrogens is 418 g/mol. The Morgan fingerprint density at radius 1 is 1.27 bits per heavy atom. The quantitative estimate of drug-likeness (QED) is 0.627. The van der Waals surface area contributed by atoms with Gasteiger partial charge < -0.3 is 15.4 Å². The molecule has 2 amide bonds. The Labute approximate surface area is 191 Å². The Hall–Kier alpha value is -4.38. The summed E-state index contributed by atoms with van der Waals surface area (Å²) in [6.45, 7) is 5.63. The van der Waals surface area contributed by atoms with Crippen molar-refractivity contribution in [3.05, 3.63) is 83.5 Å². The van der Waals surface area contributed by atoms with E-state index in [-0.39, 0.29) is 18.3 Å². The van der Waals surface area contributed by atoms with Gasteiger partial charge in [0, 0.05) is 19.0 Å². The summed E-state index contributed by atoms with van der Waals surface area (Å²) in [5.41, 5.74) is 8.46. The van der Waals surface area contributed by atoms with Gasteiger partial charge in [-0.1, -0.05) is 48.8 Å². The monoisotopic (exact) mass is 441 g/mol. The van der Waals surface area contributed by atoms with Crippen molar-refractivity contribution in [2.24, 2.45) is 5.73 Å². The molecule has 1 aromatic heterocycles. The molecule has 0 unspecified atom stereocenters. The predicted molar refractivity (Wildman–Crippen MR) is 124 cm³/mol. The maximum absolute atomic E-state index is 13.5. The number of carbonyl (C=O) groups excluding carboxylic acids is 2. The van der Waals surface area contributed by atoms with Crippen LogP contribution < -0.4 is 15.4 Å². The van der Waals surface area contributed by atoms with Crippen LogP contribution in [0.2, 0.25) is 0 Å². The van der Waals surface area contributed by atoms with Crippen LogP contribution in [0, 0.1) is 11.8 Å². The van der Waals surface area contributed by atoms with E-state index in [4.69, 9.17) is 10.5 Å². The van der Waals surface area contributed by atoms with Crippen molar-refractivity contribution < 1.29 is 14.3 Å². The number of amides is 2. The number of ether oxygens (including phenoxy) is 1. The topological polar surface area (TPSA) is 103 Å². The molecule has 2 N–H and O–H groups in total. The molecule has 3 aromatic rings. The summed E-state index contributed by atoms with van der Waals surface area (Å²) >= 11 is 0. The normalized spacial score (nSPS) is 15.0. The van der Waals surface area contributed by atoms with Gasteiger partial charge in [-0.05, 0) is 36.3 Å². The summed E-state index contributed by atoms with van der Waals surface area (Å²) in [6, 6.07) is 14.2. The fourth-order valence-corrected chi connectivity index (χ4v) is 3.52. The van der Waals surface area contributed by atoms with E-state index in [1.165, 1.54) is 9.58 Å². The molecule has 2 heterocycles. The highest BCUT2D eigenvalue weighted by Gasteiger charge is 2.34. The molecule has 1 atom stereocenters. The number of nitrogens with zero attached hydrogens (tertiary/aromatic N) is 4. The second-order valence-corrected chi connectivity index (χ2v) is 7.76. The molecule has 0 radical (unpaired) electrons. The lowest BCUT2D eigenvalue weighted by Crippen LogP contribution is -2.36. The summed E-state index contributed by atoms with van der Waals surface area (Å²) in [4.78, 5) is 31.0. The van der Waals surface area contributed by atoms with E-state index in [0.29, 0.717) is 23.7 Å². The van der Waals surface area contributed by atoms with Crippen molar-refractivity contribution in [2.75, 3.05) is 18.6 Å². The van der Waals surface area contributed by atoms with E-state index >= 15 is 0 Å². The Bertz CT molecular complexity index is 1300. The molecular formula is C25H23N5O3. The van der Waals surface area contributed by atoms with Crippen LogP contribution in [-0.4, -0.2) is 40.2 Å². The number of fused-ring (bicyclic) bond motifs is 1. The van der Waals surface area contributed by atoms with Crippen LogP contribution in [0.5, 0.6) is 5.75 Å². The number of carbonyl (C=O) groups is 2. The highest BCUT2D eigenvalue weighted by molar-refractivity contribution is 5.98. The van der Waals surface area contributed by atoms with E-state index in [2.05, 4.69) is 28.5 Å². The fourth-order valence-electron chi connectivity index (χ4n) is 3.52. The van der Waals surface area contributed by atoms with Crippen molar-refractivity contribution in [1.82, 2.24) is 14.8 Å². The summed E-state index contributed by atoms with van der Waals surface area (Å²) in [5.74, 6) is 5.80. The van der Waals surface area contributed by atoms with Gasteiger partial charge in [-0.25, -0.2) is 9.67 Å². The van der Waals surface area contributed by atoms with Crippen LogP contribution in [0.15, 0.2) is 60.7 Å². The first-order valence-electron chi connectivity index (χ1n) is 10.3. The van der Waals surface area contributed by atoms with Gasteiger partial charge in [0.25, 0.3) is 11.8 Å². The van der Waals surface area contributed by atoms with E-state index < -0.39 is 11.9 Å². The number of rotatable bonds is 4. The highest BCUT2D eigenvalue weighted by Crippen LogP contribution is 2.34. The number of benzene rings is 2. The first kappa shape index (κ1) is 21.8. The van der Waals surface area contributed by atoms with Crippen LogP contribution in [-0.2, 0) is 11.2 Å². The third-order valence-corrected chi connectivity index (χ3v) is 5.18. The first-order valence-corrected chi connectivity index (χ1v) is 10.3. The minimum Gasteiger partial charge on any atom is -0.489 e. The molecule has 2 aromatic carbocycles. The number of likely N-dealkylation sites (N-methyl/N-ethyl adjacent to an activating group) is 1. The zero-order chi connectivity index (χ0) is 23.5. The standard InChI is InChI=1S/C25H23N5O3/c1-16(2)9-10-18-11-12-21-19(13-18)29(3)25(32)20(15-33-21)30-22(27-24(28-30)23(26)31)14-17-7-5-4-6-8-17/h4-8,11-13,20H,1,14-15H2,2-3H3,(H2,26,31)/t20-/m0/s1. The maximum Gasteiger partial charge on any atom is 0.288 e. The van der Waals surface area contributed by atoms with E-state index in [0.717, 1.165) is 16.7 Å². The summed E-state index contributed by atoms with van der Waals surface area (Å²) in [5, 5.41) is 4.26. The Morgan fingerprint density at radius 3 is 2.73 bits per heavy atom. The van der Waals surface area contributed by atoms with Crippen molar-refractivity contribution in [2.45, 2.75) is 19.4 Å². The van der Waals surface area contributed by atoms with Gasteiger partial charge in [-0.15, -0.1) is 5.10 Å². The van der Waals surface area contributed by atoms with Gasteiger partial charge in [0.05, 0.1) is 5.69 Å². The van der Waals surface area contributed by atoms with Crippen molar-refractivity contribution >= 4 is 17.5 Å². The summed E-state index contributed by atoms with van der Waals surface area (Å²) in [6.07, 6.45) is 0.377. The molecule has 0 bridgehead atoms. The summed E-state index contributed by atoms with van der Waals surface area (Å²) < 4.78 is 7.42. The van der Waals surface area contributed by atoms with Crippen LogP contribution in [0.4, 0.5) is 5.69 Å². The van der Waals surface area contributed by atoms with Crippen molar-refractivity contribution in [3.63, 3.8) is 0 Å². The number of nitrogens with two attached hydrogens (primary N) is 1. The average molecular weight is 441 g/mol. The van der Waals surface area contributed by atoms with Crippen LogP contribution >= 0.6 is 0 Å². The van der Waals surface area contributed by atoms with Crippen LogP contribution in [0.25, 0.3) is 0 Å². The molecule has 0 saturated carbocycles. The summed E-state index contributed by atoms with van der Waals surface area (Å²) in [7, 11) is 1.67. The van der Waals surface area contributed by atoms with E-state index in [1.54, 1.807) is 19.2 Å². The number of primary amides is 1. The van der Waals surface area contributed by atoms with Crippen LogP contribution in [0.3, 0.4) is 0 Å². The van der Waals surface area contributed by atoms with Gasteiger partial charge in [0.2, 0.25) is 5.82 Å². The minimum absolute atomic E-state index is 0.0241. The number of anilines is 1. The van der Waals surface area contributed by atoms with Gasteiger partial charge >= 0.3 is 0 Å². The molecule has 0 saturated heterocycles. The fraction of sp³-hybridized carbons (Fsp3) is 0.200. The van der Waals surface area contributed by atoms with Crippen molar-refractivity contribution in [3.8, 4) is 17.6 Å². The van der Waals surface area contributed by atoms with Crippen LogP contribution in [0.1, 0.15) is 40.5 Å². The smallest absolute Gasteiger partial charge is 0.288 e. The predicted octanol–water partition coefficient (Wildman–Crippen LogP) is 2.49. The highest BCUT2D eigenvalue weighted by atomic mass is 16.5. The maximum atomic E-state index is 13.5. The molecule has 0 aliphatic carbocycles. The molecule has 1 aliphatic rings. The second kappa shape index (κ2) is 9.01. The first-order chi connectivity index (χ1) is 15.8. The average Bonchev–Trinajstić information content (AvgIpc) is 3.17. The number of hydrogen-bond acceptors (Lipinski definition) is 5. The number of hydrogen-bond donors (Lipinski definition) is 1. The Morgan fingerprint density at radius 2 is 2.03 bits per heavy atom. The third kappa shape index (κ3) is 4.62. The molecule has 1 aliphatic heterocycles. The molecule has 8 heteroatoms. The largest absolute Gasteiger partial charge is 0.489 e. The lowest BCUT2D eigenvalue weighted by molar-refractivity contribution is -0.122. The molecule has 4 rings (SSSR count). The van der Waals surface area contributed by atoms with Gasteiger partial charge in [-0.2, -0.15) is 0 Å². The molecule has 166 valence electrons. The molecule has 0 fully saturated rings. The van der Waals surface area contributed by atoms with Gasteiger partial charge in [0.15, 0.2) is 6.04 Å². The van der Waals surface area contributed by atoms with Crippen molar-refractivity contribution in [1.29, 1.82) is 0 Å². The van der Waals surface area contributed by atoms with E-state index in [1.807, 2.05) is 43.3 Å². The Balaban J connectivity index is 1.70. The zero-order valence-electron chi connectivity index (χ0n) is 18.4. The van der Waals surface area contributed by atoms with Gasteiger partial charge in [-0.3, -0.25) is 9.59 Å². The lowest BCUT2D eigenvalue weighted by atomic mass is 10.1. The van der Waals surface area contributed by atoms with E-state index in [9.17, 15) is 9.59 Å². The lowest BCUT2D eigenvalue weighted by Gasteiger charge is -2.21. The van der Waals surface area contributed by atoms with Gasteiger partial charge in [0.1, 0.15) is 18.2 Å². The Kier molecular flexibility index (Phi) is 5.96. The molecule has 0 spiro atoms. The number of aromatic nitrogens is 3. The third-order valence-electron chi connectivity index (χ3n) is 5.18.